The number of fused-ring (bicyclic) bond motifs is 1. The van der Waals surface area contributed by atoms with Crippen LogP contribution in [0.3, 0.4) is 0 Å². The number of nitrogens with two attached hydrogens (primary N) is 1. The number of anilines is 1. The standard InChI is InChI=1S/C34H34FN3O5S.C28H34FNO6S.C28H32FNO6S.C6H6N2O.CH5P/c1-4-43-33(39)21-29(26-13-17-32(42-3)30(35)20-26)31-19-24(22-38(31)44(40,41)28-15-10-23(2)11-16-28)7-5-9-27-14-12-25-8-6-18-36-34(25)37-27;2*1-5-36-28(32)17-24(22-11-14-27(35-4)25(29)16-22)26-15-21(8-6-7-20(3)31)18-30(26)37(33,34)23-12-9-19(2)10-13-23;7-6-5(4-9)2-1-3-8-6;1-2/h6,8,10-20,22,29H,4-5,7,9,21H2,1-3H3;9-16,18,20,24,31H,5-8,17H2,1-4H3;9-16,18,24H,5-8,17H2,1-4H3;1-4H,(H2,7,8);2H2,1H3/i;;;;1D. The Morgan fingerprint density at radius 3 is 1.19 bits per heavy atom. The minimum atomic E-state index is -4.07. The fourth-order valence-corrected chi connectivity index (χ4v) is 18.4. The van der Waals surface area contributed by atoms with Crippen LogP contribution in [0.2, 0.25) is 0 Å². The number of nitrogens with zero attached hydrogens (tertiary/aromatic N) is 6. The number of carbonyl (C=O) groups is 5. The summed E-state index contributed by atoms with van der Waals surface area (Å²) in [5.41, 5.74) is 14.4. The number of aryl methyl sites for hydroxylation is 7. The van der Waals surface area contributed by atoms with Crippen molar-refractivity contribution in [2.45, 2.75) is 171 Å². The second-order valence-electron chi connectivity index (χ2n) is 30.1. The number of rotatable bonds is 37. The van der Waals surface area contributed by atoms with E-state index in [4.69, 9.17) is 35.5 Å². The summed E-state index contributed by atoms with van der Waals surface area (Å²) in [6.45, 7) is 14.8. The highest BCUT2D eigenvalue weighted by Crippen LogP contribution is 2.40. The first-order chi connectivity index (χ1) is 62.1. The Hall–Kier alpha value is -12.2. The van der Waals surface area contributed by atoms with Crippen molar-refractivity contribution < 1.29 is 97.3 Å². The van der Waals surface area contributed by atoms with Gasteiger partial charge in [0.1, 0.15) is 11.6 Å². The van der Waals surface area contributed by atoms with Gasteiger partial charge in [-0.25, -0.2) is 65.3 Å². The second-order valence-corrected chi connectivity index (χ2v) is 35.6. The van der Waals surface area contributed by atoms with E-state index in [1.807, 2.05) is 45.0 Å². The summed E-state index contributed by atoms with van der Waals surface area (Å²) in [4.78, 5) is 72.5. The Labute approximate surface area is 756 Å². The summed E-state index contributed by atoms with van der Waals surface area (Å²) in [6.07, 6.45) is 12.6. The number of aldehydes is 1. The van der Waals surface area contributed by atoms with E-state index < -0.39 is 89.3 Å². The minimum Gasteiger partial charge on any atom is -0.494 e. The highest BCUT2D eigenvalue weighted by molar-refractivity contribution is 7.90. The van der Waals surface area contributed by atoms with Crippen molar-refractivity contribution in [3.8, 4) is 17.2 Å². The number of esters is 3. The van der Waals surface area contributed by atoms with Crippen LogP contribution in [0.5, 0.6) is 17.2 Å². The zero-order valence-corrected chi connectivity index (χ0v) is 77.6. The lowest BCUT2D eigenvalue weighted by Crippen LogP contribution is -2.20. The monoisotopic (exact) mass is 1850 g/mol. The van der Waals surface area contributed by atoms with Crippen molar-refractivity contribution in [3.05, 3.63) is 309 Å². The van der Waals surface area contributed by atoms with Crippen LogP contribution in [0.1, 0.15) is 188 Å². The number of Topliss-reactive ketones (excluding diaryl/α,β-unsaturated/α-hetero) is 1. The van der Waals surface area contributed by atoms with Crippen molar-refractivity contribution in [1.29, 1.82) is 0 Å². The molecule has 25 nitrogen and oxygen atoms in total. The number of ether oxygens (including phenoxy) is 6. The van der Waals surface area contributed by atoms with Gasteiger partial charge in [0.2, 0.25) is 0 Å². The third-order valence-electron chi connectivity index (χ3n) is 20.7. The summed E-state index contributed by atoms with van der Waals surface area (Å²) in [5, 5.41) is 10.6. The van der Waals surface area contributed by atoms with Gasteiger partial charge in [0.15, 0.2) is 46.6 Å². The molecule has 5 unspecified atom stereocenters. The smallest absolute Gasteiger partial charge is 0.306 e. The molecule has 0 fully saturated rings. The quantitative estimate of drug-likeness (QED) is 0.0158. The van der Waals surface area contributed by atoms with E-state index in [-0.39, 0.29) is 82.6 Å². The van der Waals surface area contributed by atoms with E-state index in [9.17, 15) is 67.5 Å². The molecule has 6 aromatic heterocycles. The number of halogens is 3. The number of ketones is 1. The molecule has 3 N–H and O–H groups in total. The number of carbonyl (C=O) groups excluding carboxylic acids is 5. The van der Waals surface area contributed by atoms with Crippen molar-refractivity contribution in [1.82, 2.24) is 26.9 Å². The van der Waals surface area contributed by atoms with Gasteiger partial charge in [-0.05, 0) is 268 Å². The molecule has 6 heterocycles. The molecule has 6 aromatic carbocycles. The van der Waals surface area contributed by atoms with E-state index >= 15 is 0 Å². The topological polar surface area (TPSA) is 343 Å². The highest BCUT2D eigenvalue weighted by atomic mass is 32.2. The zero-order valence-electron chi connectivity index (χ0n) is 75.0. The Kier molecular flexibility index (Phi) is 38.1. The van der Waals surface area contributed by atoms with Gasteiger partial charge in [-0.15, -0.1) is 9.24 Å². The first-order valence-electron chi connectivity index (χ1n) is 42.4. The Morgan fingerprint density at radius 1 is 0.504 bits per heavy atom. The van der Waals surface area contributed by atoms with Crippen LogP contribution in [0.25, 0.3) is 11.0 Å². The maximum absolute atomic E-state index is 14.9. The minimum absolute atomic E-state index is 0.0335. The average molecular weight is 1850 g/mol. The fourth-order valence-electron chi connectivity index (χ4n) is 14.1. The number of benzene rings is 6. The van der Waals surface area contributed by atoms with E-state index in [0.717, 1.165) is 42.9 Å². The normalized spacial score (nSPS) is 12.3. The Bertz CT molecular complexity index is 6180. The predicted molar refractivity (Wildman–Crippen MR) is 492 cm³/mol. The molecular formula is C97H111F3N7O18PS3. The van der Waals surface area contributed by atoms with E-state index in [0.29, 0.717) is 121 Å². The summed E-state index contributed by atoms with van der Waals surface area (Å²) in [7, 11) is -5.84. The molecule has 0 bridgehead atoms. The van der Waals surface area contributed by atoms with Crippen molar-refractivity contribution in [2.75, 3.05) is 53.5 Å². The first-order valence-corrected chi connectivity index (χ1v) is 46.8. The van der Waals surface area contributed by atoms with Crippen LogP contribution < -0.4 is 19.9 Å². The van der Waals surface area contributed by atoms with Gasteiger partial charge in [-0.2, -0.15) is 0 Å². The molecule has 0 saturated carbocycles. The van der Waals surface area contributed by atoms with Crippen LogP contribution in [0.15, 0.2) is 228 Å². The maximum atomic E-state index is 14.9. The number of methoxy groups -OCH3 is 3. The highest BCUT2D eigenvalue weighted by Gasteiger charge is 2.34. The molecule has 0 aliphatic carbocycles. The van der Waals surface area contributed by atoms with Gasteiger partial charge < -0.3 is 44.1 Å². The SMILES string of the molecule is CCOC(=O)CC(c1ccc(OC)c(F)c1)c1cc(CCCC(C)=O)cn1S(=O)(=O)c1ccc(C)cc1.CCOC(=O)CC(c1ccc(OC)c(F)c1)c1cc(CCCC(C)O)cn1S(=O)(=O)c1ccc(C)cc1.CCOC(=O)CC(c1ccc(OC)c(F)c1)c1cc(CCCc2ccc3cccnc3n2)cn1S(=O)(=O)c1ccc(C)cc1.Nc1ncccc1C=O.[2H]CP. The molecule has 0 saturated heterocycles. The third-order valence-corrected chi connectivity index (χ3v) is 25.8. The van der Waals surface area contributed by atoms with E-state index in [1.165, 1.54) is 103 Å². The lowest BCUT2D eigenvalue weighted by molar-refractivity contribution is -0.144. The van der Waals surface area contributed by atoms with E-state index in [2.05, 4.69) is 24.2 Å². The van der Waals surface area contributed by atoms with Gasteiger partial charge in [0.05, 0.1) is 86.8 Å². The molecule has 5 atom stereocenters. The Morgan fingerprint density at radius 2 is 0.860 bits per heavy atom. The van der Waals surface area contributed by atoms with Gasteiger partial charge in [-0.1, -0.05) is 77.9 Å². The third kappa shape index (κ3) is 28.2. The predicted octanol–water partition coefficient (Wildman–Crippen LogP) is 17.5. The van der Waals surface area contributed by atoms with Gasteiger partial charge >= 0.3 is 17.9 Å². The van der Waals surface area contributed by atoms with Gasteiger partial charge in [0.25, 0.3) is 30.1 Å². The lowest BCUT2D eigenvalue weighted by Gasteiger charge is -2.20. The molecule has 0 amide bonds. The summed E-state index contributed by atoms with van der Waals surface area (Å²) in [6, 6.07) is 48.9. The van der Waals surface area contributed by atoms with Crippen LogP contribution >= 0.6 is 9.24 Å². The molecule has 0 spiro atoms. The first kappa shape index (κ1) is 101. The summed E-state index contributed by atoms with van der Waals surface area (Å²) >= 11 is 0. The molecule has 0 radical (unpaired) electrons. The molecule has 0 aliphatic heterocycles. The molecule has 686 valence electrons. The van der Waals surface area contributed by atoms with Crippen LogP contribution in [0, 0.1) is 38.2 Å². The second kappa shape index (κ2) is 48.9. The maximum Gasteiger partial charge on any atom is 0.306 e. The number of hydrogen-bond donors (Lipinski definition) is 2. The van der Waals surface area contributed by atoms with Crippen molar-refractivity contribution in [2.24, 2.45) is 0 Å². The molecule has 12 rings (SSSR count). The lowest BCUT2D eigenvalue weighted by atomic mass is 9.92. The molecule has 129 heavy (non-hydrogen) atoms. The van der Waals surface area contributed by atoms with Crippen molar-refractivity contribution >= 4 is 86.1 Å². The van der Waals surface area contributed by atoms with Gasteiger partial charge in [-0.3, -0.25) is 19.2 Å². The molecule has 12 aromatic rings. The van der Waals surface area contributed by atoms with Crippen molar-refractivity contribution in [3.63, 3.8) is 0 Å². The number of nitrogen functional groups attached to an aromatic ring is 1. The number of hydrogen-bond acceptors (Lipinski definition) is 22. The number of aliphatic hydroxyl groups is 1. The molecular weight excluding hydrogens is 1740 g/mol. The largest absolute Gasteiger partial charge is 0.494 e. The zero-order chi connectivity index (χ0) is 95.0. The Balaban J connectivity index is 0.000000226. The average Bonchev–Trinajstić information content (AvgIpc) is 1.60. The molecule has 32 heteroatoms. The summed E-state index contributed by atoms with van der Waals surface area (Å²) in [5.74, 6) is -5.43. The number of aliphatic hydroxyl groups excluding tert-OH is 1. The summed E-state index contributed by atoms with van der Waals surface area (Å²) < 4.78 is 168. The van der Waals surface area contributed by atoms with E-state index in [1.54, 1.807) is 150 Å². The van der Waals surface area contributed by atoms with Gasteiger partial charge in [0, 0.05) is 84.7 Å². The van der Waals surface area contributed by atoms with Crippen LogP contribution in [0.4, 0.5) is 19.0 Å². The van der Waals surface area contributed by atoms with Crippen LogP contribution in [-0.4, -0.2) is 141 Å². The van der Waals surface area contributed by atoms with Crippen LogP contribution in [-0.2, 0) is 89.1 Å². The number of pyridine rings is 3. The molecule has 0 aliphatic rings. The fraction of sp³-hybridized carbons (Fsp3) is 0.320. The number of aromatic nitrogens is 6.